The van der Waals surface area contributed by atoms with E-state index in [4.69, 9.17) is 5.73 Å². The van der Waals surface area contributed by atoms with Crippen LogP contribution in [0.5, 0.6) is 0 Å². The van der Waals surface area contributed by atoms with E-state index in [0.29, 0.717) is 11.8 Å². The van der Waals surface area contributed by atoms with Crippen molar-refractivity contribution in [3.05, 3.63) is 12.2 Å². The zero-order valence-electron chi connectivity index (χ0n) is 9.54. The zero-order valence-corrected chi connectivity index (χ0v) is 9.54. The molecule has 2 N–H and O–H groups in total. The Labute approximate surface area is 91.9 Å². The van der Waals surface area contributed by atoms with Crippen LogP contribution in [0.3, 0.4) is 0 Å². The van der Waals surface area contributed by atoms with Gasteiger partial charge in [-0.25, -0.2) is 0 Å². The van der Waals surface area contributed by atoms with Gasteiger partial charge >= 0.3 is 0 Å². The van der Waals surface area contributed by atoms with E-state index in [1.165, 1.54) is 12.8 Å². The summed E-state index contributed by atoms with van der Waals surface area (Å²) in [6.45, 7) is 2.19. The molecule has 1 fully saturated rings. The highest BCUT2D eigenvalue weighted by Crippen LogP contribution is 2.54. The predicted molar refractivity (Wildman–Crippen MR) is 61.1 cm³/mol. The van der Waals surface area contributed by atoms with Crippen LogP contribution in [0, 0.1) is 17.3 Å². The van der Waals surface area contributed by atoms with Crippen molar-refractivity contribution in [2.75, 3.05) is 0 Å². The largest absolute Gasteiger partial charge is 0.369 e. The lowest BCUT2D eigenvalue weighted by molar-refractivity contribution is -0.129. The van der Waals surface area contributed by atoms with Crippen LogP contribution >= 0.6 is 0 Å². The summed E-state index contributed by atoms with van der Waals surface area (Å²) in [5.74, 6) is 1.01. The topological polar surface area (TPSA) is 43.1 Å². The molecule has 0 heterocycles. The third kappa shape index (κ3) is 1.70. The van der Waals surface area contributed by atoms with Crippen LogP contribution in [0.4, 0.5) is 0 Å². The van der Waals surface area contributed by atoms with Gasteiger partial charge in [0.1, 0.15) is 0 Å². The summed E-state index contributed by atoms with van der Waals surface area (Å²) >= 11 is 0. The van der Waals surface area contributed by atoms with Crippen molar-refractivity contribution in [3.63, 3.8) is 0 Å². The number of carbonyl (C=O) groups is 1. The van der Waals surface area contributed by atoms with Gasteiger partial charge in [0.2, 0.25) is 5.91 Å². The number of unbranched alkanes of at least 4 members (excludes halogenated alkanes) is 2. The lowest BCUT2D eigenvalue weighted by atomic mass is 9.71. The molecule has 2 heteroatoms. The Morgan fingerprint density at radius 1 is 1.47 bits per heavy atom. The molecule has 2 aliphatic rings. The van der Waals surface area contributed by atoms with Crippen molar-refractivity contribution < 1.29 is 4.79 Å². The SMILES string of the molecule is CCCCC[C@@]1(C(N)=O)CC2C=CC1C2. The molecule has 0 spiro atoms. The third-order valence-electron chi connectivity index (χ3n) is 4.23. The van der Waals surface area contributed by atoms with E-state index in [0.717, 1.165) is 25.7 Å². The number of primary amides is 1. The van der Waals surface area contributed by atoms with Crippen molar-refractivity contribution in [3.8, 4) is 0 Å². The van der Waals surface area contributed by atoms with E-state index in [1.54, 1.807) is 0 Å². The average Bonchev–Trinajstić information content (AvgIpc) is 2.78. The molecular formula is C13H21NO. The fourth-order valence-corrected chi connectivity index (χ4v) is 3.34. The van der Waals surface area contributed by atoms with Gasteiger partial charge in [-0.2, -0.15) is 0 Å². The van der Waals surface area contributed by atoms with Gasteiger partial charge in [-0.1, -0.05) is 38.3 Å². The van der Waals surface area contributed by atoms with E-state index in [1.807, 2.05) is 0 Å². The molecule has 2 nitrogen and oxygen atoms in total. The number of hydrogen-bond donors (Lipinski definition) is 1. The van der Waals surface area contributed by atoms with Crippen LogP contribution in [-0.4, -0.2) is 5.91 Å². The van der Waals surface area contributed by atoms with E-state index in [2.05, 4.69) is 19.1 Å². The molecular weight excluding hydrogens is 186 g/mol. The second-order valence-electron chi connectivity index (χ2n) is 5.17. The molecule has 84 valence electrons. The summed E-state index contributed by atoms with van der Waals surface area (Å²) in [7, 11) is 0. The van der Waals surface area contributed by atoms with E-state index < -0.39 is 0 Å². The van der Waals surface area contributed by atoms with E-state index in [-0.39, 0.29) is 11.3 Å². The lowest BCUT2D eigenvalue weighted by Gasteiger charge is -2.32. The Morgan fingerprint density at radius 2 is 2.27 bits per heavy atom. The Balaban J connectivity index is 2.06. The summed E-state index contributed by atoms with van der Waals surface area (Å²) in [4.78, 5) is 11.7. The fourth-order valence-electron chi connectivity index (χ4n) is 3.34. The summed E-state index contributed by atoms with van der Waals surface area (Å²) < 4.78 is 0. The summed E-state index contributed by atoms with van der Waals surface area (Å²) in [6, 6.07) is 0. The van der Waals surface area contributed by atoms with Gasteiger partial charge in [-0.05, 0) is 31.1 Å². The number of hydrogen-bond acceptors (Lipinski definition) is 1. The van der Waals surface area contributed by atoms with Crippen LogP contribution in [0.2, 0.25) is 0 Å². The van der Waals surface area contributed by atoms with Crippen LogP contribution in [0.1, 0.15) is 45.4 Å². The van der Waals surface area contributed by atoms with Crippen molar-refractivity contribution in [2.24, 2.45) is 23.0 Å². The van der Waals surface area contributed by atoms with Crippen molar-refractivity contribution in [2.45, 2.75) is 45.4 Å². The van der Waals surface area contributed by atoms with Crippen LogP contribution in [0.15, 0.2) is 12.2 Å². The fraction of sp³-hybridized carbons (Fsp3) is 0.769. The number of amides is 1. The zero-order chi connectivity index (χ0) is 10.9. The maximum atomic E-state index is 11.7. The smallest absolute Gasteiger partial charge is 0.224 e. The number of nitrogens with two attached hydrogens (primary N) is 1. The molecule has 0 saturated heterocycles. The Morgan fingerprint density at radius 3 is 2.73 bits per heavy atom. The first-order valence-corrected chi connectivity index (χ1v) is 6.17. The molecule has 0 aromatic rings. The minimum atomic E-state index is -0.186. The number of carbonyl (C=O) groups excluding carboxylic acids is 1. The first-order chi connectivity index (χ1) is 7.19. The highest BCUT2D eigenvalue weighted by atomic mass is 16.1. The van der Waals surface area contributed by atoms with Crippen molar-refractivity contribution in [1.29, 1.82) is 0 Å². The molecule has 2 bridgehead atoms. The molecule has 0 aromatic heterocycles. The van der Waals surface area contributed by atoms with E-state index in [9.17, 15) is 4.79 Å². The number of allylic oxidation sites excluding steroid dienone is 2. The summed E-state index contributed by atoms with van der Waals surface area (Å²) in [5.41, 5.74) is 5.44. The second-order valence-corrected chi connectivity index (χ2v) is 5.17. The molecule has 1 saturated carbocycles. The van der Waals surface area contributed by atoms with Crippen molar-refractivity contribution in [1.82, 2.24) is 0 Å². The maximum Gasteiger partial charge on any atom is 0.224 e. The molecule has 3 atom stereocenters. The van der Waals surface area contributed by atoms with Crippen LogP contribution in [-0.2, 0) is 4.79 Å². The quantitative estimate of drug-likeness (QED) is 0.546. The third-order valence-corrected chi connectivity index (χ3v) is 4.23. The molecule has 0 aromatic carbocycles. The van der Waals surface area contributed by atoms with Gasteiger partial charge in [0, 0.05) is 0 Å². The minimum absolute atomic E-state index is 0.0598. The average molecular weight is 207 g/mol. The molecule has 2 rings (SSSR count). The van der Waals surface area contributed by atoms with Gasteiger partial charge in [0.05, 0.1) is 5.41 Å². The van der Waals surface area contributed by atoms with Gasteiger partial charge in [0.25, 0.3) is 0 Å². The van der Waals surface area contributed by atoms with Crippen molar-refractivity contribution >= 4 is 5.91 Å². The van der Waals surface area contributed by atoms with Gasteiger partial charge < -0.3 is 5.73 Å². The van der Waals surface area contributed by atoms with Gasteiger partial charge in [0.15, 0.2) is 0 Å². The maximum absolute atomic E-state index is 11.7. The number of fused-ring (bicyclic) bond motifs is 2. The first kappa shape index (κ1) is 10.7. The summed E-state index contributed by atoms with van der Waals surface area (Å²) in [5, 5.41) is 0. The standard InChI is InChI=1S/C13H21NO/c1-2-3-4-7-13(12(14)15)9-10-5-6-11(13)8-10/h5-6,10-11H,2-4,7-9H2,1H3,(H2,14,15)/t10?,11?,13-/m1/s1. The Kier molecular flexibility index (Phi) is 2.85. The molecule has 2 aliphatic carbocycles. The predicted octanol–water partition coefficient (Wildman–Crippen LogP) is 2.63. The summed E-state index contributed by atoms with van der Waals surface area (Å²) in [6.07, 6.45) is 11.2. The van der Waals surface area contributed by atoms with Crippen LogP contribution < -0.4 is 5.73 Å². The Bertz CT molecular complexity index is 284. The minimum Gasteiger partial charge on any atom is -0.369 e. The molecule has 0 aliphatic heterocycles. The molecule has 15 heavy (non-hydrogen) atoms. The molecule has 1 amide bonds. The highest BCUT2D eigenvalue weighted by molar-refractivity contribution is 5.82. The second kappa shape index (κ2) is 3.99. The lowest BCUT2D eigenvalue weighted by Crippen LogP contribution is -2.40. The van der Waals surface area contributed by atoms with Crippen LogP contribution in [0.25, 0.3) is 0 Å². The monoisotopic (exact) mass is 207 g/mol. The molecule has 2 unspecified atom stereocenters. The Hall–Kier alpha value is -0.790. The number of rotatable bonds is 5. The molecule has 0 radical (unpaired) electrons. The van der Waals surface area contributed by atoms with E-state index >= 15 is 0 Å². The van der Waals surface area contributed by atoms with Gasteiger partial charge in [-0.15, -0.1) is 0 Å². The first-order valence-electron chi connectivity index (χ1n) is 6.17. The van der Waals surface area contributed by atoms with Gasteiger partial charge in [-0.3, -0.25) is 4.79 Å². The highest BCUT2D eigenvalue weighted by Gasteiger charge is 2.51. The normalized spacial score (nSPS) is 37.4.